The van der Waals surface area contributed by atoms with Crippen LogP contribution in [0.15, 0.2) is 109 Å². The van der Waals surface area contributed by atoms with Gasteiger partial charge in [-0.2, -0.15) is 0 Å². The van der Waals surface area contributed by atoms with Gasteiger partial charge in [0.05, 0.1) is 0 Å². The monoisotopic (exact) mass is 510 g/mol. The Morgan fingerprint density at radius 1 is 0.526 bits per heavy atom. The molecule has 4 aromatic carbocycles. The van der Waals surface area contributed by atoms with Crippen LogP contribution >= 0.6 is 0 Å². The van der Waals surface area contributed by atoms with Crippen LogP contribution in [0, 0.1) is 0 Å². The van der Waals surface area contributed by atoms with E-state index in [9.17, 15) is 0 Å². The quantitative estimate of drug-likeness (QED) is 0.252. The van der Waals surface area contributed by atoms with Crippen LogP contribution in [-0.4, -0.2) is 85.8 Å². The molecule has 0 saturated heterocycles. The van der Waals surface area contributed by atoms with Crippen LogP contribution in [0.2, 0.25) is 0 Å². The first-order chi connectivity index (χ1) is 18.6. The molecular formula is C30H20N6Na2. The van der Waals surface area contributed by atoms with Gasteiger partial charge in [0, 0.05) is 0 Å². The average Bonchev–Trinajstić information content (AvgIpc) is 3.65. The number of rotatable bonds is 6. The fraction of sp³-hybridized carbons (Fsp3) is 0. The van der Waals surface area contributed by atoms with E-state index < -0.39 is 0 Å². The normalized spacial score (nSPS) is 11.4. The third kappa shape index (κ3) is 5.52. The first-order valence-corrected chi connectivity index (χ1v) is 14.5. The predicted molar refractivity (Wildman–Crippen MR) is 153 cm³/mol. The van der Waals surface area contributed by atoms with Crippen molar-refractivity contribution in [3.8, 4) is 33.9 Å². The van der Waals surface area contributed by atoms with E-state index in [1.807, 2.05) is 73.1 Å². The number of hydrogen-bond acceptors (Lipinski definition) is 4. The van der Waals surface area contributed by atoms with Gasteiger partial charge in [-0.1, -0.05) is 0 Å². The molecule has 6 rings (SSSR count). The fourth-order valence-corrected chi connectivity index (χ4v) is 5.64. The second-order valence-electron chi connectivity index (χ2n) is 9.19. The van der Waals surface area contributed by atoms with Crippen LogP contribution in [-0.2, 0) is 0 Å². The van der Waals surface area contributed by atoms with Crippen molar-refractivity contribution >= 4 is 73.6 Å². The van der Waals surface area contributed by atoms with Crippen LogP contribution in [0.1, 0.15) is 11.1 Å². The van der Waals surface area contributed by atoms with E-state index in [2.05, 4.69) is 68.9 Å². The van der Waals surface area contributed by atoms with Crippen molar-refractivity contribution < 1.29 is 0 Å². The van der Waals surface area contributed by atoms with Gasteiger partial charge in [-0.25, -0.2) is 0 Å². The van der Waals surface area contributed by atoms with E-state index in [4.69, 9.17) is 0 Å². The molecule has 6 aromatic rings. The first-order valence-electron chi connectivity index (χ1n) is 12.5. The van der Waals surface area contributed by atoms with Crippen LogP contribution in [0.4, 0.5) is 0 Å². The maximum atomic E-state index is 4.67. The Balaban J connectivity index is 1.19. The van der Waals surface area contributed by atoms with E-state index in [0.29, 0.717) is 0 Å². The predicted octanol–water partition coefficient (Wildman–Crippen LogP) is 3.94. The molecule has 6 nitrogen and oxygen atoms in total. The van der Waals surface area contributed by atoms with Crippen molar-refractivity contribution in [2.24, 2.45) is 0 Å². The summed E-state index contributed by atoms with van der Waals surface area (Å²) in [5.74, 6) is 0. The van der Waals surface area contributed by atoms with Crippen LogP contribution in [0.3, 0.4) is 0 Å². The van der Waals surface area contributed by atoms with Crippen LogP contribution < -0.4 is 5.63 Å². The van der Waals surface area contributed by atoms with E-state index in [0.717, 1.165) is 89.8 Å². The molecule has 0 radical (unpaired) electrons. The molecule has 0 saturated carbocycles. The minimum atomic E-state index is 0.870. The summed E-state index contributed by atoms with van der Waals surface area (Å²) in [7, 11) is 0. The van der Waals surface area contributed by atoms with E-state index >= 15 is 0 Å². The topological polar surface area (TPSA) is 61.4 Å². The zero-order valence-corrected chi connectivity index (χ0v) is 25.2. The van der Waals surface area contributed by atoms with E-state index in [-0.39, 0.29) is 0 Å². The summed E-state index contributed by atoms with van der Waals surface area (Å²) in [6, 6.07) is 33.1. The molecule has 172 valence electrons. The third-order valence-electron chi connectivity index (χ3n) is 6.53. The molecule has 2 heterocycles. The molecule has 0 aliphatic rings. The fourth-order valence-electron chi connectivity index (χ4n) is 4.38. The molecule has 0 amide bonds. The van der Waals surface area contributed by atoms with Gasteiger partial charge in [-0.15, -0.1) is 0 Å². The molecule has 0 aliphatic carbocycles. The Kier molecular flexibility index (Phi) is 7.51. The molecule has 2 aromatic heterocycles. The molecule has 0 fully saturated rings. The van der Waals surface area contributed by atoms with E-state index in [1.165, 1.54) is 16.8 Å². The summed E-state index contributed by atoms with van der Waals surface area (Å²) in [6.07, 6.45) is 8.03. The van der Waals surface area contributed by atoms with Gasteiger partial charge in [-0.05, 0) is 0 Å². The molecular weight excluding hydrogens is 490 g/mol. The summed E-state index contributed by atoms with van der Waals surface area (Å²) in [6.45, 7) is 0. The van der Waals surface area contributed by atoms with Crippen molar-refractivity contribution in [3.63, 3.8) is 0 Å². The van der Waals surface area contributed by atoms with Gasteiger partial charge >= 0.3 is 258 Å². The van der Waals surface area contributed by atoms with Crippen LogP contribution in [0.5, 0.6) is 0 Å². The van der Waals surface area contributed by atoms with E-state index in [1.54, 1.807) is 9.59 Å². The Morgan fingerprint density at radius 3 is 1.34 bits per heavy atom. The Hall–Kier alpha value is -3.10. The summed E-state index contributed by atoms with van der Waals surface area (Å²) in [4.78, 5) is 3.41. The standard InChI is InChI=1S/C30H20N6.2Na/c1-3-7-25(8-4-1)29-21-31-35(33-29)27-17-13-23(14-18-27)11-12-24-15-19-28(20-16-24)36-32-22-30(34-36)26-9-5-2-6-10-26;;/h1-13,15,17-22H;;. The molecule has 0 aliphatic heterocycles. The van der Waals surface area contributed by atoms with Gasteiger partial charge in [-0.3, -0.25) is 0 Å². The van der Waals surface area contributed by atoms with Crippen molar-refractivity contribution in [2.75, 3.05) is 0 Å². The SMILES string of the molecule is [Na][c]1cc(-n2ncc(-c3ccccc3)n2)ccc1C=Cc1ccc(-n2ncc(-c3ccccc3)n2)c[c]1[Na]. The number of hydrogen-bond donors (Lipinski definition) is 0. The third-order valence-corrected chi connectivity index (χ3v) is 8.27. The molecule has 0 atom stereocenters. The number of benzene rings is 4. The van der Waals surface area contributed by atoms with Crippen molar-refractivity contribution in [3.05, 3.63) is 121 Å². The van der Waals surface area contributed by atoms with Gasteiger partial charge in [0.2, 0.25) is 0 Å². The van der Waals surface area contributed by atoms with Crippen LogP contribution in [0.25, 0.3) is 46.0 Å². The summed E-state index contributed by atoms with van der Waals surface area (Å²) < 4.78 is 2.61. The van der Waals surface area contributed by atoms with Gasteiger partial charge in [0.25, 0.3) is 0 Å². The molecule has 0 spiro atoms. The molecule has 8 heteroatoms. The second kappa shape index (κ2) is 11.3. The number of nitrogens with zero attached hydrogens (tertiary/aromatic N) is 6. The Morgan fingerprint density at radius 2 is 0.947 bits per heavy atom. The zero-order valence-electron chi connectivity index (χ0n) is 21.2. The molecule has 0 unspecified atom stereocenters. The first kappa shape index (κ1) is 25.2. The molecule has 0 N–H and O–H groups in total. The van der Waals surface area contributed by atoms with Crippen molar-refractivity contribution in [1.82, 2.24) is 30.0 Å². The number of aromatic nitrogens is 6. The summed E-state index contributed by atoms with van der Waals surface area (Å²) in [5.41, 5.74) is 8.27. The molecule has 38 heavy (non-hydrogen) atoms. The maximum absolute atomic E-state index is 4.67. The average molecular weight is 511 g/mol. The van der Waals surface area contributed by atoms with Crippen molar-refractivity contribution in [1.29, 1.82) is 0 Å². The van der Waals surface area contributed by atoms with Gasteiger partial charge in [0.1, 0.15) is 0 Å². The van der Waals surface area contributed by atoms with Gasteiger partial charge in [0.15, 0.2) is 0 Å². The zero-order chi connectivity index (χ0) is 25.9. The van der Waals surface area contributed by atoms with Gasteiger partial charge < -0.3 is 0 Å². The minimum absolute atomic E-state index is 0.870. The summed E-state index contributed by atoms with van der Waals surface area (Å²) in [5, 5.41) is 18.3. The Bertz CT molecular complexity index is 1610. The summed E-state index contributed by atoms with van der Waals surface area (Å²) >= 11 is 1.85. The molecule has 0 bridgehead atoms. The second-order valence-corrected chi connectivity index (χ2v) is 11.3. The van der Waals surface area contributed by atoms with Crippen molar-refractivity contribution in [2.45, 2.75) is 0 Å². The Labute approximate surface area is 255 Å².